The smallest absolute Gasteiger partial charge is 0.242 e. The Bertz CT molecular complexity index is 1320. The average molecular weight is 514 g/mol. The highest BCUT2D eigenvalue weighted by Crippen LogP contribution is 2.34. The summed E-state index contributed by atoms with van der Waals surface area (Å²) in [7, 11) is 0. The highest BCUT2D eigenvalue weighted by molar-refractivity contribution is 5.87. The Morgan fingerprint density at radius 2 is 1.68 bits per heavy atom. The molecular formula is C29H31N5O4. The Labute approximate surface area is 222 Å². The Morgan fingerprint density at radius 1 is 0.921 bits per heavy atom. The van der Waals surface area contributed by atoms with Gasteiger partial charge in [-0.3, -0.25) is 9.59 Å². The van der Waals surface area contributed by atoms with Gasteiger partial charge in [0.25, 0.3) is 0 Å². The van der Waals surface area contributed by atoms with E-state index in [0.717, 1.165) is 35.5 Å². The third-order valence-corrected chi connectivity index (χ3v) is 7.33. The van der Waals surface area contributed by atoms with E-state index in [1.165, 1.54) is 5.56 Å². The van der Waals surface area contributed by atoms with Crippen molar-refractivity contribution >= 4 is 17.6 Å². The second-order valence-corrected chi connectivity index (χ2v) is 10.2. The number of hydrogen-bond acceptors (Lipinski definition) is 7. The van der Waals surface area contributed by atoms with E-state index in [1.54, 1.807) is 4.90 Å². The van der Waals surface area contributed by atoms with Crippen molar-refractivity contribution in [2.24, 2.45) is 5.92 Å². The largest absolute Gasteiger partial charge is 0.454 e. The van der Waals surface area contributed by atoms with Gasteiger partial charge >= 0.3 is 0 Å². The lowest BCUT2D eigenvalue weighted by atomic mass is 10.1. The van der Waals surface area contributed by atoms with Gasteiger partial charge in [-0.2, -0.15) is 0 Å². The number of carbonyl (C=O) groups is 2. The van der Waals surface area contributed by atoms with Gasteiger partial charge in [0, 0.05) is 44.2 Å². The zero-order valence-corrected chi connectivity index (χ0v) is 21.5. The maximum absolute atomic E-state index is 13.2. The number of benzene rings is 2. The molecule has 1 saturated carbocycles. The first-order valence-electron chi connectivity index (χ1n) is 13.1. The zero-order valence-electron chi connectivity index (χ0n) is 21.5. The molecule has 1 aromatic heterocycles. The molecule has 3 aliphatic rings. The SMILES string of the molecule is Cc1ccc(-c2ccc(N3CCN(C(=O)CN(Cc4ccc5c(c4)OCO5)C(=O)C4CC4)CC3)nn2)cc1. The van der Waals surface area contributed by atoms with Crippen molar-refractivity contribution in [3.05, 3.63) is 65.7 Å². The predicted octanol–water partition coefficient (Wildman–Crippen LogP) is 3.27. The molecular weight excluding hydrogens is 482 g/mol. The van der Waals surface area contributed by atoms with Gasteiger partial charge in [0.05, 0.1) is 5.69 Å². The van der Waals surface area contributed by atoms with Crippen LogP contribution < -0.4 is 14.4 Å². The third-order valence-electron chi connectivity index (χ3n) is 7.33. The standard InChI is InChI=1S/C29H31N5O4/c1-20-2-5-22(6-3-20)24-9-11-27(31-30-24)32-12-14-33(15-13-32)28(35)18-34(29(36)23-7-8-23)17-21-4-10-25-26(16-21)38-19-37-25/h2-6,9-11,16,23H,7-8,12-15,17-19H2,1H3. The van der Waals surface area contributed by atoms with Gasteiger partial charge in [-0.05, 0) is 49.6 Å². The minimum absolute atomic E-state index is 0.0276. The summed E-state index contributed by atoms with van der Waals surface area (Å²) < 4.78 is 10.9. The number of nitrogens with zero attached hydrogens (tertiary/aromatic N) is 5. The minimum atomic E-state index is -0.0276. The first-order valence-corrected chi connectivity index (χ1v) is 13.1. The topological polar surface area (TPSA) is 88.1 Å². The van der Waals surface area contributed by atoms with E-state index in [2.05, 4.69) is 34.2 Å². The molecule has 0 bridgehead atoms. The second kappa shape index (κ2) is 10.3. The molecule has 0 atom stereocenters. The van der Waals surface area contributed by atoms with Crippen molar-refractivity contribution in [1.82, 2.24) is 20.0 Å². The first-order chi connectivity index (χ1) is 18.5. The summed E-state index contributed by atoms with van der Waals surface area (Å²) in [5.41, 5.74) is 4.01. The Hall–Kier alpha value is -4.14. The number of fused-ring (bicyclic) bond motifs is 1. The van der Waals surface area contributed by atoms with Gasteiger partial charge in [0.1, 0.15) is 6.54 Å². The number of aryl methyl sites for hydroxylation is 1. The molecule has 0 N–H and O–H groups in total. The average Bonchev–Trinajstić information content (AvgIpc) is 3.70. The van der Waals surface area contributed by atoms with E-state index in [9.17, 15) is 9.59 Å². The van der Waals surface area contributed by atoms with Crippen LogP contribution in [0, 0.1) is 12.8 Å². The molecule has 0 unspecified atom stereocenters. The highest BCUT2D eigenvalue weighted by Gasteiger charge is 2.35. The van der Waals surface area contributed by atoms with E-state index in [4.69, 9.17) is 9.47 Å². The van der Waals surface area contributed by atoms with Crippen LogP contribution in [0.15, 0.2) is 54.6 Å². The lowest BCUT2D eigenvalue weighted by Crippen LogP contribution is -2.52. The molecule has 2 amide bonds. The monoisotopic (exact) mass is 513 g/mol. The molecule has 0 radical (unpaired) electrons. The van der Waals surface area contributed by atoms with Gasteiger partial charge in [-0.25, -0.2) is 0 Å². The highest BCUT2D eigenvalue weighted by atomic mass is 16.7. The lowest BCUT2D eigenvalue weighted by molar-refractivity contribution is -0.142. The fourth-order valence-electron chi connectivity index (χ4n) is 4.88. The number of piperazine rings is 1. The van der Waals surface area contributed by atoms with Crippen LogP contribution in [0.3, 0.4) is 0 Å². The summed E-state index contributed by atoms with van der Waals surface area (Å²) in [5.74, 6) is 2.26. The Kier molecular flexibility index (Phi) is 6.57. The first kappa shape index (κ1) is 24.2. The number of rotatable bonds is 7. The molecule has 38 heavy (non-hydrogen) atoms. The molecule has 2 fully saturated rings. The minimum Gasteiger partial charge on any atom is -0.454 e. The van der Waals surface area contributed by atoms with E-state index < -0.39 is 0 Å². The molecule has 6 rings (SSSR count). The Balaban J connectivity index is 1.06. The fourth-order valence-corrected chi connectivity index (χ4v) is 4.88. The summed E-state index contributed by atoms with van der Waals surface area (Å²) in [5, 5.41) is 8.86. The van der Waals surface area contributed by atoms with Crippen LogP contribution in [0.1, 0.15) is 24.0 Å². The van der Waals surface area contributed by atoms with Crippen molar-refractivity contribution in [1.29, 1.82) is 0 Å². The summed E-state index contributed by atoms with van der Waals surface area (Å²) in [4.78, 5) is 32.0. The van der Waals surface area contributed by atoms with E-state index in [1.807, 2.05) is 47.4 Å². The van der Waals surface area contributed by atoms with Crippen LogP contribution in [-0.2, 0) is 16.1 Å². The summed E-state index contributed by atoms with van der Waals surface area (Å²) in [6.45, 7) is 5.22. The molecule has 196 valence electrons. The van der Waals surface area contributed by atoms with Crippen LogP contribution in [0.4, 0.5) is 5.82 Å². The predicted molar refractivity (Wildman–Crippen MR) is 142 cm³/mol. The third kappa shape index (κ3) is 5.27. The zero-order chi connectivity index (χ0) is 26.1. The van der Waals surface area contributed by atoms with Gasteiger partial charge in [0.15, 0.2) is 17.3 Å². The van der Waals surface area contributed by atoms with Crippen molar-refractivity contribution in [3.8, 4) is 22.8 Å². The number of carbonyl (C=O) groups excluding carboxylic acids is 2. The summed E-state index contributed by atoms with van der Waals surface area (Å²) >= 11 is 0. The normalized spacial score (nSPS) is 16.4. The molecule has 9 heteroatoms. The maximum atomic E-state index is 13.2. The fraction of sp³-hybridized carbons (Fsp3) is 0.379. The quantitative estimate of drug-likeness (QED) is 0.479. The molecule has 1 aliphatic carbocycles. The number of hydrogen-bond donors (Lipinski definition) is 0. The summed E-state index contributed by atoms with van der Waals surface area (Å²) in [6.07, 6.45) is 1.79. The van der Waals surface area contributed by atoms with Gasteiger partial charge in [-0.1, -0.05) is 35.9 Å². The number of ether oxygens (including phenoxy) is 2. The van der Waals surface area contributed by atoms with Crippen LogP contribution in [0.2, 0.25) is 0 Å². The van der Waals surface area contributed by atoms with Gasteiger partial charge in [0.2, 0.25) is 18.6 Å². The summed E-state index contributed by atoms with van der Waals surface area (Å²) in [6, 6.07) is 17.9. The van der Waals surface area contributed by atoms with Crippen LogP contribution in [0.5, 0.6) is 11.5 Å². The number of aromatic nitrogens is 2. The molecule has 3 aromatic rings. The Morgan fingerprint density at radius 3 is 2.39 bits per heavy atom. The van der Waals surface area contributed by atoms with Gasteiger partial charge in [-0.15, -0.1) is 10.2 Å². The molecule has 0 spiro atoms. The molecule has 2 aromatic carbocycles. The van der Waals surface area contributed by atoms with Crippen LogP contribution >= 0.6 is 0 Å². The van der Waals surface area contributed by atoms with Crippen LogP contribution in [0.25, 0.3) is 11.3 Å². The van der Waals surface area contributed by atoms with E-state index in [-0.39, 0.29) is 31.1 Å². The van der Waals surface area contributed by atoms with E-state index >= 15 is 0 Å². The van der Waals surface area contributed by atoms with Crippen LogP contribution in [-0.4, -0.2) is 71.3 Å². The number of anilines is 1. The molecule has 2 aliphatic heterocycles. The van der Waals surface area contributed by atoms with Crippen molar-refractivity contribution < 1.29 is 19.1 Å². The number of amides is 2. The van der Waals surface area contributed by atoms with Crippen molar-refractivity contribution in [3.63, 3.8) is 0 Å². The molecule has 3 heterocycles. The molecule has 9 nitrogen and oxygen atoms in total. The second-order valence-electron chi connectivity index (χ2n) is 10.2. The van der Waals surface area contributed by atoms with Gasteiger partial charge < -0.3 is 24.2 Å². The van der Waals surface area contributed by atoms with Crippen molar-refractivity contribution in [2.45, 2.75) is 26.3 Å². The van der Waals surface area contributed by atoms with E-state index in [0.29, 0.717) is 44.2 Å². The molecule has 1 saturated heterocycles. The maximum Gasteiger partial charge on any atom is 0.242 e. The lowest BCUT2D eigenvalue weighted by Gasteiger charge is -2.36. The van der Waals surface area contributed by atoms with Crippen molar-refractivity contribution in [2.75, 3.05) is 44.4 Å².